The van der Waals surface area contributed by atoms with Crippen molar-refractivity contribution < 1.29 is 22.3 Å². The quantitative estimate of drug-likeness (QED) is 0.212. The molecule has 204 valence electrons. The summed E-state index contributed by atoms with van der Waals surface area (Å²) in [5.74, 6) is 2.12. The van der Waals surface area contributed by atoms with Gasteiger partial charge in [-0.15, -0.1) is 0 Å². The Labute approximate surface area is 220 Å². The number of rotatable bonds is 11. The van der Waals surface area contributed by atoms with Crippen LogP contribution in [0.25, 0.3) is 11.1 Å². The molecule has 2 aromatic carbocycles. The van der Waals surface area contributed by atoms with E-state index in [1.807, 2.05) is 0 Å². The van der Waals surface area contributed by atoms with Gasteiger partial charge in [-0.3, -0.25) is 0 Å². The molecular formula is C32H42F4O. The summed E-state index contributed by atoms with van der Waals surface area (Å²) in [6, 6.07) is 8.21. The van der Waals surface area contributed by atoms with Crippen LogP contribution in [0.5, 0.6) is 5.75 Å². The Morgan fingerprint density at radius 2 is 1.22 bits per heavy atom. The lowest BCUT2D eigenvalue weighted by molar-refractivity contribution is -0.0498. The number of benzene rings is 2. The van der Waals surface area contributed by atoms with Crippen molar-refractivity contribution in [1.82, 2.24) is 0 Å². The van der Waals surface area contributed by atoms with Crippen molar-refractivity contribution in [3.05, 3.63) is 53.6 Å². The number of halogens is 4. The zero-order valence-corrected chi connectivity index (χ0v) is 22.2. The molecule has 2 aliphatic carbocycles. The van der Waals surface area contributed by atoms with Crippen LogP contribution in [0.1, 0.15) is 96.0 Å². The Bertz CT molecular complexity index is 934. The minimum atomic E-state index is -2.94. The van der Waals surface area contributed by atoms with Crippen LogP contribution in [0, 0.1) is 35.3 Å². The van der Waals surface area contributed by atoms with Crippen molar-refractivity contribution in [2.75, 3.05) is 0 Å². The molecular weight excluding hydrogens is 476 g/mol. The largest absolute Gasteiger partial charge is 0.435 e. The molecule has 2 fully saturated rings. The van der Waals surface area contributed by atoms with E-state index in [4.69, 9.17) is 0 Å². The van der Waals surface area contributed by atoms with E-state index in [9.17, 15) is 17.6 Å². The summed E-state index contributed by atoms with van der Waals surface area (Å²) in [4.78, 5) is 0. The fourth-order valence-corrected chi connectivity index (χ4v) is 6.51. The highest BCUT2D eigenvalue weighted by Gasteiger charge is 2.22. The average Bonchev–Trinajstić information content (AvgIpc) is 2.87. The molecule has 0 spiro atoms. The van der Waals surface area contributed by atoms with Crippen LogP contribution in [0.3, 0.4) is 0 Å². The molecule has 0 N–H and O–H groups in total. The third kappa shape index (κ3) is 8.48. The Morgan fingerprint density at radius 1 is 0.730 bits per heavy atom. The third-order valence-electron chi connectivity index (χ3n) is 8.89. The molecule has 0 saturated heterocycles. The van der Waals surface area contributed by atoms with Crippen LogP contribution < -0.4 is 4.74 Å². The highest BCUT2D eigenvalue weighted by atomic mass is 19.3. The van der Waals surface area contributed by atoms with Gasteiger partial charge in [0, 0.05) is 0 Å². The van der Waals surface area contributed by atoms with Crippen LogP contribution in [-0.2, 0) is 6.42 Å². The lowest BCUT2D eigenvalue weighted by Crippen LogP contribution is -2.15. The van der Waals surface area contributed by atoms with Crippen LogP contribution >= 0.6 is 0 Å². The molecule has 1 nitrogen and oxygen atoms in total. The molecule has 0 unspecified atom stereocenters. The van der Waals surface area contributed by atoms with E-state index in [1.165, 1.54) is 113 Å². The molecule has 2 saturated carbocycles. The average molecular weight is 519 g/mol. The highest BCUT2D eigenvalue weighted by Crippen LogP contribution is 2.36. The van der Waals surface area contributed by atoms with Crippen LogP contribution in [0.2, 0.25) is 0 Å². The van der Waals surface area contributed by atoms with Crippen molar-refractivity contribution >= 4 is 0 Å². The van der Waals surface area contributed by atoms with Gasteiger partial charge < -0.3 is 4.74 Å². The first-order valence-electron chi connectivity index (χ1n) is 14.4. The molecule has 0 radical (unpaired) electrons. The predicted molar refractivity (Wildman–Crippen MR) is 142 cm³/mol. The van der Waals surface area contributed by atoms with Crippen molar-refractivity contribution in [3.8, 4) is 16.9 Å². The molecule has 2 aromatic rings. The van der Waals surface area contributed by atoms with E-state index in [0.29, 0.717) is 23.5 Å². The molecule has 0 heterocycles. The summed E-state index contributed by atoms with van der Waals surface area (Å²) in [6.45, 7) is -0.547. The Hall–Kier alpha value is -2.04. The standard InChI is InChI=1S/C32H42F4O/c1-22-6-8-23(9-7-22)4-2-3-5-24-10-12-25(13-11-24)14-15-26-20-29(33)31(30(34)21-26)27-16-18-28(19-17-27)37-32(35)36/h16-25,32H,2-15H2,1H3. The molecule has 37 heavy (non-hydrogen) atoms. The molecule has 0 atom stereocenters. The van der Waals surface area contributed by atoms with E-state index in [2.05, 4.69) is 11.7 Å². The zero-order valence-electron chi connectivity index (χ0n) is 22.2. The number of unbranched alkanes of at least 4 members (excludes halogenated alkanes) is 1. The molecule has 0 aromatic heterocycles. The summed E-state index contributed by atoms with van der Waals surface area (Å²) in [5, 5.41) is 0. The van der Waals surface area contributed by atoms with Gasteiger partial charge in [-0.05, 0) is 71.9 Å². The number of ether oxygens (including phenoxy) is 1. The minimum absolute atomic E-state index is 0.0416. The molecule has 0 aliphatic heterocycles. The normalized spacial score (nSPS) is 24.4. The van der Waals surface area contributed by atoms with E-state index in [-0.39, 0.29) is 11.3 Å². The fourth-order valence-electron chi connectivity index (χ4n) is 6.51. The van der Waals surface area contributed by atoms with Crippen molar-refractivity contribution in [2.24, 2.45) is 23.7 Å². The van der Waals surface area contributed by atoms with Gasteiger partial charge in [0.2, 0.25) is 0 Å². The second kappa shape index (κ2) is 13.7. The summed E-state index contributed by atoms with van der Waals surface area (Å²) >= 11 is 0. The maximum Gasteiger partial charge on any atom is 0.387 e. The van der Waals surface area contributed by atoms with Crippen molar-refractivity contribution in [1.29, 1.82) is 0 Å². The van der Waals surface area contributed by atoms with Gasteiger partial charge in [-0.2, -0.15) is 8.78 Å². The fraction of sp³-hybridized carbons (Fsp3) is 0.625. The smallest absolute Gasteiger partial charge is 0.387 e. The molecule has 0 bridgehead atoms. The van der Waals surface area contributed by atoms with Gasteiger partial charge in [0.25, 0.3) is 0 Å². The lowest BCUT2D eigenvalue weighted by Gasteiger charge is -2.29. The van der Waals surface area contributed by atoms with Gasteiger partial charge in [0.15, 0.2) is 0 Å². The maximum atomic E-state index is 14.8. The predicted octanol–water partition coefficient (Wildman–Crippen LogP) is 10.4. The summed E-state index contributed by atoms with van der Waals surface area (Å²) in [5.41, 5.74) is 0.844. The number of alkyl halides is 2. The maximum absolute atomic E-state index is 14.8. The van der Waals surface area contributed by atoms with Gasteiger partial charge in [-0.1, -0.05) is 96.1 Å². The van der Waals surface area contributed by atoms with Crippen molar-refractivity contribution in [3.63, 3.8) is 0 Å². The zero-order chi connectivity index (χ0) is 26.2. The van der Waals surface area contributed by atoms with E-state index in [0.717, 1.165) is 24.2 Å². The van der Waals surface area contributed by atoms with E-state index < -0.39 is 18.2 Å². The second-order valence-electron chi connectivity index (χ2n) is 11.7. The van der Waals surface area contributed by atoms with Crippen LogP contribution in [0.15, 0.2) is 36.4 Å². The van der Waals surface area contributed by atoms with Crippen molar-refractivity contribution in [2.45, 2.75) is 103 Å². The molecule has 5 heteroatoms. The second-order valence-corrected chi connectivity index (χ2v) is 11.7. The Morgan fingerprint density at radius 3 is 1.73 bits per heavy atom. The first-order chi connectivity index (χ1) is 17.9. The summed E-state index contributed by atoms with van der Waals surface area (Å²) in [7, 11) is 0. The topological polar surface area (TPSA) is 9.23 Å². The molecule has 2 aliphatic rings. The first-order valence-corrected chi connectivity index (χ1v) is 14.4. The Kier molecular flexibility index (Phi) is 10.3. The Balaban J connectivity index is 1.17. The van der Waals surface area contributed by atoms with Gasteiger partial charge in [0.05, 0.1) is 5.56 Å². The SMILES string of the molecule is CC1CCC(CCCCC2CCC(CCc3cc(F)c(-c4ccc(OC(F)F)cc4)c(F)c3)CC2)CC1. The first kappa shape index (κ1) is 28.0. The highest BCUT2D eigenvalue weighted by molar-refractivity contribution is 5.66. The number of hydrogen-bond donors (Lipinski definition) is 0. The van der Waals surface area contributed by atoms with Crippen LogP contribution in [0.4, 0.5) is 17.6 Å². The van der Waals surface area contributed by atoms with Gasteiger partial charge >= 0.3 is 6.61 Å². The summed E-state index contributed by atoms with van der Waals surface area (Å²) in [6.07, 6.45) is 17.9. The third-order valence-corrected chi connectivity index (χ3v) is 8.89. The molecule has 4 rings (SSSR count). The van der Waals surface area contributed by atoms with E-state index >= 15 is 0 Å². The lowest BCUT2D eigenvalue weighted by atomic mass is 9.77. The number of hydrogen-bond acceptors (Lipinski definition) is 1. The monoisotopic (exact) mass is 518 g/mol. The van der Waals surface area contributed by atoms with E-state index in [1.54, 1.807) is 0 Å². The van der Waals surface area contributed by atoms with Gasteiger partial charge in [0.1, 0.15) is 17.4 Å². The minimum Gasteiger partial charge on any atom is -0.435 e. The van der Waals surface area contributed by atoms with Gasteiger partial charge in [-0.25, -0.2) is 8.78 Å². The van der Waals surface area contributed by atoms with Crippen LogP contribution in [-0.4, -0.2) is 6.61 Å². The number of aryl methyl sites for hydroxylation is 1. The molecule has 0 amide bonds. The summed E-state index contributed by atoms with van der Waals surface area (Å²) < 4.78 is 58.6.